The minimum Gasteiger partial charge on any atom is -0.339 e. The summed E-state index contributed by atoms with van der Waals surface area (Å²) in [5, 5.41) is 8.01. The lowest BCUT2D eigenvalue weighted by Crippen LogP contribution is -2.50. The molecule has 0 bridgehead atoms. The van der Waals surface area contributed by atoms with Gasteiger partial charge in [0.05, 0.1) is 17.8 Å². The standard InChI is InChI=1S/C21H23F3N6O2/c1-14-11-25-30(12-14)13-18(31)29-8-6-28(7-9-29)15(2)20-26-19(27-32-20)16-4-3-5-17(10-16)21(22,23)24/h3-5,10-12,15H,6-9,13H2,1-2H3. The Bertz CT molecular complexity index is 1090. The number of hydrogen-bond donors (Lipinski definition) is 0. The van der Waals surface area contributed by atoms with Crippen LogP contribution in [0, 0.1) is 6.92 Å². The van der Waals surface area contributed by atoms with Crippen LogP contribution in [0.15, 0.2) is 41.2 Å². The van der Waals surface area contributed by atoms with E-state index in [0.717, 1.165) is 17.7 Å². The third-order valence-electron chi connectivity index (χ3n) is 5.52. The van der Waals surface area contributed by atoms with Crippen LogP contribution < -0.4 is 0 Å². The van der Waals surface area contributed by atoms with Crippen molar-refractivity contribution in [2.24, 2.45) is 0 Å². The second-order valence-electron chi connectivity index (χ2n) is 7.84. The molecule has 32 heavy (non-hydrogen) atoms. The molecule has 1 atom stereocenters. The molecule has 1 amide bonds. The summed E-state index contributed by atoms with van der Waals surface area (Å²) in [6.45, 7) is 6.36. The monoisotopic (exact) mass is 448 g/mol. The molecule has 1 aliphatic heterocycles. The average Bonchev–Trinajstić information content (AvgIpc) is 3.42. The van der Waals surface area contributed by atoms with Crippen LogP contribution in [0.25, 0.3) is 11.4 Å². The number of carbonyl (C=O) groups excluding carboxylic acids is 1. The van der Waals surface area contributed by atoms with E-state index in [1.165, 1.54) is 12.1 Å². The van der Waals surface area contributed by atoms with Crippen LogP contribution in [-0.2, 0) is 17.5 Å². The first-order valence-corrected chi connectivity index (χ1v) is 10.2. The molecule has 1 saturated heterocycles. The fourth-order valence-electron chi connectivity index (χ4n) is 3.66. The Morgan fingerprint density at radius 2 is 1.97 bits per heavy atom. The molecule has 1 aliphatic rings. The number of aryl methyl sites for hydroxylation is 1. The quantitative estimate of drug-likeness (QED) is 0.597. The van der Waals surface area contributed by atoms with E-state index in [9.17, 15) is 18.0 Å². The van der Waals surface area contributed by atoms with E-state index in [1.807, 2.05) is 20.0 Å². The Balaban J connectivity index is 1.36. The Labute approximate surface area is 182 Å². The summed E-state index contributed by atoms with van der Waals surface area (Å²) in [7, 11) is 0. The van der Waals surface area contributed by atoms with Gasteiger partial charge in [-0.3, -0.25) is 14.4 Å². The van der Waals surface area contributed by atoms with Crippen molar-refractivity contribution in [1.82, 2.24) is 29.7 Å². The van der Waals surface area contributed by atoms with E-state index in [2.05, 4.69) is 20.1 Å². The fourth-order valence-corrected chi connectivity index (χ4v) is 3.66. The second kappa shape index (κ2) is 8.73. The zero-order chi connectivity index (χ0) is 22.9. The molecule has 1 aromatic carbocycles. The molecule has 0 radical (unpaired) electrons. The van der Waals surface area contributed by atoms with E-state index < -0.39 is 11.7 Å². The molecule has 3 aromatic rings. The summed E-state index contributed by atoms with van der Waals surface area (Å²) in [6, 6.07) is 4.61. The Morgan fingerprint density at radius 1 is 1.22 bits per heavy atom. The van der Waals surface area contributed by atoms with Crippen molar-refractivity contribution in [3.63, 3.8) is 0 Å². The number of nitrogens with zero attached hydrogens (tertiary/aromatic N) is 6. The molecule has 2 aromatic heterocycles. The number of benzene rings is 1. The first kappa shape index (κ1) is 22.0. The lowest BCUT2D eigenvalue weighted by atomic mass is 10.1. The maximum Gasteiger partial charge on any atom is 0.416 e. The SMILES string of the molecule is Cc1cnn(CC(=O)N2CCN(C(C)c3nc(-c4cccc(C(F)(F)F)c4)no3)CC2)c1. The van der Waals surface area contributed by atoms with Crippen LogP contribution in [0.5, 0.6) is 0 Å². The van der Waals surface area contributed by atoms with Gasteiger partial charge in [0, 0.05) is 37.9 Å². The summed E-state index contributed by atoms with van der Waals surface area (Å²) in [5.41, 5.74) is 0.479. The Kier molecular flexibility index (Phi) is 6.00. The third kappa shape index (κ3) is 4.82. The first-order chi connectivity index (χ1) is 15.2. The highest BCUT2D eigenvalue weighted by molar-refractivity contribution is 5.76. The number of alkyl halides is 3. The van der Waals surface area contributed by atoms with Crippen LogP contribution in [0.4, 0.5) is 13.2 Å². The number of hydrogen-bond acceptors (Lipinski definition) is 6. The summed E-state index contributed by atoms with van der Waals surface area (Å²) >= 11 is 0. The van der Waals surface area contributed by atoms with Gasteiger partial charge in [0.15, 0.2) is 0 Å². The average molecular weight is 448 g/mol. The first-order valence-electron chi connectivity index (χ1n) is 10.2. The highest BCUT2D eigenvalue weighted by atomic mass is 19.4. The molecule has 170 valence electrons. The number of piperazine rings is 1. The van der Waals surface area contributed by atoms with Gasteiger partial charge >= 0.3 is 6.18 Å². The number of amides is 1. The molecule has 0 saturated carbocycles. The van der Waals surface area contributed by atoms with E-state index in [-0.39, 0.29) is 29.9 Å². The van der Waals surface area contributed by atoms with Crippen LogP contribution in [0.2, 0.25) is 0 Å². The maximum absolute atomic E-state index is 13.0. The molecule has 3 heterocycles. The zero-order valence-corrected chi connectivity index (χ0v) is 17.7. The van der Waals surface area contributed by atoms with Gasteiger partial charge in [-0.25, -0.2) is 0 Å². The molecule has 4 rings (SSSR count). The fraction of sp³-hybridized carbons (Fsp3) is 0.429. The molecule has 1 unspecified atom stereocenters. The third-order valence-corrected chi connectivity index (χ3v) is 5.52. The van der Waals surface area contributed by atoms with Gasteiger partial charge in [-0.05, 0) is 31.5 Å². The Hall–Kier alpha value is -3.21. The predicted molar refractivity (Wildman–Crippen MR) is 108 cm³/mol. The van der Waals surface area contributed by atoms with E-state index >= 15 is 0 Å². The molecular formula is C21H23F3N6O2. The number of carbonyl (C=O) groups is 1. The van der Waals surface area contributed by atoms with Gasteiger partial charge in [0.1, 0.15) is 6.54 Å². The van der Waals surface area contributed by atoms with Gasteiger partial charge in [0.2, 0.25) is 17.6 Å². The van der Waals surface area contributed by atoms with Crippen molar-refractivity contribution >= 4 is 5.91 Å². The Morgan fingerprint density at radius 3 is 2.62 bits per heavy atom. The molecule has 0 N–H and O–H groups in total. The van der Waals surface area contributed by atoms with Crippen molar-refractivity contribution < 1.29 is 22.5 Å². The largest absolute Gasteiger partial charge is 0.416 e. The minimum absolute atomic E-state index is 0.00465. The van der Waals surface area contributed by atoms with Gasteiger partial charge in [-0.15, -0.1) is 0 Å². The van der Waals surface area contributed by atoms with E-state index in [0.29, 0.717) is 32.1 Å². The smallest absolute Gasteiger partial charge is 0.339 e. The maximum atomic E-state index is 13.0. The summed E-state index contributed by atoms with van der Waals surface area (Å²) in [6.07, 6.45) is -0.901. The summed E-state index contributed by atoms with van der Waals surface area (Å²) in [4.78, 5) is 20.7. The molecule has 0 aliphatic carbocycles. The minimum atomic E-state index is -4.44. The molecule has 11 heteroatoms. The topological polar surface area (TPSA) is 80.3 Å². The van der Waals surface area contributed by atoms with Gasteiger partial charge < -0.3 is 9.42 Å². The predicted octanol–water partition coefficient (Wildman–Crippen LogP) is 3.17. The lowest BCUT2D eigenvalue weighted by Gasteiger charge is -2.36. The van der Waals surface area contributed by atoms with Crippen LogP contribution in [0.1, 0.15) is 30.0 Å². The van der Waals surface area contributed by atoms with Crippen LogP contribution >= 0.6 is 0 Å². The van der Waals surface area contributed by atoms with Gasteiger partial charge in [-0.1, -0.05) is 17.3 Å². The van der Waals surface area contributed by atoms with Crippen LogP contribution in [-0.4, -0.2) is 61.8 Å². The summed E-state index contributed by atoms with van der Waals surface area (Å²) < 4.78 is 45.9. The second-order valence-corrected chi connectivity index (χ2v) is 7.84. The van der Waals surface area contributed by atoms with Crippen molar-refractivity contribution in [2.45, 2.75) is 32.6 Å². The highest BCUT2D eigenvalue weighted by Gasteiger charge is 2.31. The molecule has 0 spiro atoms. The summed E-state index contributed by atoms with van der Waals surface area (Å²) in [5.74, 6) is 0.440. The number of halogens is 3. The van der Waals surface area contributed by atoms with Crippen molar-refractivity contribution in [3.05, 3.63) is 53.7 Å². The van der Waals surface area contributed by atoms with Crippen LogP contribution in [0.3, 0.4) is 0 Å². The number of aromatic nitrogens is 4. The van der Waals surface area contributed by atoms with Gasteiger partial charge in [-0.2, -0.15) is 23.3 Å². The van der Waals surface area contributed by atoms with Crippen molar-refractivity contribution in [2.75, 3.05) is 26.2 Å². The van der Waals surface area contributed by atoms with Crippen molar-refractivity contribution in [3.8, 4) is 11.4 Å². The number of rotatable bonds is 5. The molecule has 1 fully saturated rings. The molecule has 8 nitrogen and oxygen atoms in total. The zero-order valence-electron chi connectivity index (χ0n) is 17.7. The van der Waals surface area contributed by atoms with E-state index in [4.69, 9.17) is 4.52 Å². The van der Waals surface area contributed by atoms with E-state index in [1.54, 1.807) is 15.8 Å². The lowest BCUT2D eigenvalue weighted by molar-refractivity contribution is -0.137. The van der Waals surface area contributed by atoms with Gasteiger partial charge in [0.25, 0.3) is 0 Å². The van der Waals surface area contributed by atoms with Crippen molar-refractivity contribution in [1.29, 1.82) is 0 Å². The highest BCUT2D eigenvalue weighted by Crippen LogP contribution is 2.32. The molecular weight excluding hydrogens is 425 g/mol. The normalized spacial score (nSPS) is 16.3.